The van der Waals surface area contributed by atoms with E-state index in [4.69, 9.17) is 0 Å². The molecule has 0 amide bonds. The highest BCUT2D eigenvalue weighted by Crippen LogP contribution is 2.10. The van der Waals surface area contributed by atoms with Gasteiger partial charge in [0.05, 0.1) is 18.1 Å². The van der Waals surface area contributed by atoms with Crippen molar-refractivity contribution in [2.45, 2.75) is 6.92 Å². The quantitative estimate of drug-likeness (QED) is 0.681. The van der Waals surface area contributed by atoms with Crippen molar-refractivity contribution in [2.24, 2.45) is 0 Å². The molecule has 0 fully saturated rings. The topological polar surface area (TPSA) is 54.5 Å². The highest BCUT2D eigenvalue weighted by Gasteiger charge is 1.99. The fraction of sp³-hybridized carbons (Fsp3) is 0.125. The molecule has 1 N–H and O–H groups in total. The van der Waals surface area contributed by atoms with Crippen molar-refractivity contribution in [3.63, 3.8) is 0 Å². The van der Waals surface area contributed by atoms with Crippen molar-refractivity contribution in [3.05, 3.63) is 30.6 Å². The van der Waals surface area contributed by atoms with Gasteiger partial charge in [0.25, 0.3) is 0 Å². The summed E-state index contributed by atoms with van der Waals surface area (Å²) < 4.78 is 0. The van der Waals surface area contributed by atoms with Gasteiger partial charge in [-0.25, -0.2) is 4.98 Å². The average Bonchev–Trinajstić information content (AvgIpc) is 2.54. The molecule has 0 spiro atoms. The molecule has 4 heteroatoms. The van der Waals surface area contributed by atoms with Gasteiger partial charge in [-0.05, 0) is 6.92 Å². The predicted molar refractivity (Wildman–Crippen MR) is 44.4 cm³/mol. The summed E-state index contributed by atoms with van der Waals surface area (Å²) in [7, 11) is 0. The number of nitrogens with one attached hydrogen (secondary N) is 1. The van der Waals surface area contributed by atoms with Crippen LogP contribution in [0.4, 0.5) is 0 Å². The highest BCUT2D eigenvalue weighted by molar-refractivity contribution is 5.50. The maximum absolute atomic E-state index is 4.13. The van der Waals surface area contributed by atoms with Crippen molar-refractivity contribution in [1.29, 1.82) is 0 Å². The van der Waals surface area contributed by atoms with Crippen molar-refractivity contribution in [1.82, 2.24) is 19.9 Å². The third-order valence-corrected chi connectivity index (χ3v) is 1.54. The molecule has 0 bridgehead atoms. The number of imidazole rings is 1. The van der Waals surface area contributed by atoms with E-state index in [1.807, 2.05) is 6.92 Å². The van der Waals surface area contributed by atoms with Crippen LogP contribution in [0.1, 0.15) is 5.82 Å². The van der Waals surface area contributed by atoms with Crippen LogP contribution >= 0.6 is 0 Å². The summed E-state index contributed by atoms with van der Waals surface area (Å²) in [6, 6.07) is 0. The Balaban J connectivity index is 2.45. The first-order chi connectivity index (χ1) is 5.86. The minimum atomic E-state index is 0.818. The number of aryl methyl sites for hydroxylation is 1. The second-order valence-corrected chi connectivity index (χ2v) is 2.47. The zero-order valence-electron chi connectivity index (χ0n) is 6.65. The van der Waals surface area contributed by atoms with Crippen molar-refractivity contribution < 1.29 is 0 Å². The summed E-state index contributed by atoms with van der Waals surface area (Å²) in [6.07, 6.45) is 6.75. The lowest BCUT2D eigenvalue weighted by atomic mass is 10.3. The smallest absolute Gasteiger partial charge is 0.106 e. The zero-order chi connectivity index (χ0) is 8.39. The van der Waals surface area contributed by atoms with E-state index in [9.17, 15) is 0 Å². The normalized spacial score (nSPS) is 10.1. The molecule has 0 radical (unpaired) electrons. The Bertz CT molecular complexity index is 366. The van der Waals surface area contributed by atoms with Crippen LogP contribution in [0.2, 0.25) is 0 Å². The number of hydrogen-bond acceptors (Lipinski definition) is 3. The van der Waals surface area contributed by atoms with E-state index in [1.165, 1.54) is 0 Å². The fourth-order valence-electron chi connectivity index (χ4n) is 0.989. The van der Waals surface area contributed by atoms with E-state index in [2.05, 4.69) is 19.9 Å². The van der Waals surface area contributed by atoms with Crippen LogP contribution in [-0.2, 0) is 0 Å². The number of hydrogen-bond donors (Lipinski definition) is 1. The lowest BCUT2D eigenvalue weighted by Crippen LogP contribution is -1.83. The van der Waals surface area contributed by atoms with Gasteiger partial charge in [0.1, 0.15) is 11.5 Å². The van der Waals surface area contributed by atoms with E-state index < -0.39 is 0 Å². The van der Waals surface area contributed by atoms with Gasteiger partial charge in [0.2, 0.25) is 0 Å². The second kappa shape index (κ2) is 2.73. The molecule has 0 aliphatic heterocycles. The first-order valence-electron chi connectivity index (χ1n) is 3.64. The fourth-order valence-corrected chi connectivity index (χ4v) is 0.989. The molecule has 0 saturated carbocycles. The van der Waals surface area contributed by atoms with Crippen LogP contribution in [0, 0.1) is 6.92 Å². The molecule has 0 aromatic carbocycles. The molecular weight excluding hydrogens is 152 g/mol. The van der Waals surface area contributed by atoms with Crippen LogP contribution in [0.3, 0.4) is 0 Å². The Morgan fingerprint density at radius 1 is 1.17 bits per heavy atom. The van der Waals surface area contributed by atoms with Crippen molar-refractivity contribution >= 4 is 0 Å². The largest absolute Gasteiger partial charge is 0.341 e. The molecule has 0 unspecified atom stereocenters. The Hall–Kier alpha value is -1.71. The summed E-state index contributed by atoms with van der Waals surface area (Å²) in [5.41, 5.74) is 1.72. The Labute approximate surface area is 69.7 Å². The Morgan fingerprint density at radius 2 is 2.08 bits per heavy atom. The summed E-state index contributed by atoms with van der Waals surface area (Å²) in [6.45, 7) is 1.90. The molecule has 0 aliphatic rings. The van der Waals surface area contributed by atoms with Crippen molar-refractivity contribution in [2.75, 3.05) is 0 Å². The Kier molecular flexibility index (Phi) is 1.59. The molecule has 60 valence electrons. The van der Waals surface area contributed by atoms with Gasteiger partial charge in [0, 0.05) is 12.4 Å². The lowest BCUT2D eigenvalue weighted by molar-refractivity contribution is 1.14. The third kappa shape index (κ3) is 1.18. The summed E-state index contributed by atoms with van der Waals surface area (Å²) >= 11 is 0. The molecule has 2 aromatic heterocycles. The molecular formula is C8H8N4. The number of nitrogens with zero attached hydrogens (tertiary/aromatic N) is 3. The summed E-state index contributed by atoms with van der Waals surface area (Å²) in [4.78, 5) is 15.2. The van der Waals surface area contributed by atoms with Crippen LogP contribution in [0.15, 0.2) is 24.8 Å². The van der Waals surface area contributed by atoms with Gasteiger partial charge >= 0.3 is 0 Å². The van der Waals surface area contributed by atoms with Crippen LogP contribution in [0.5, 0.6) is 0 Å². The number of aromatic amines is 1. The molecule has 4 nitrogen and oxygen atoms in total. The van der Waals surface area contributed by atoms with Gasteiger partial charge < -0.3 is 4.98 Å². The highest BCUT2D eigenvalue weighted by atomic mass is 14.9. The van der Waals surface area contributed by atoms with E-state index in [0.717, 1.165) is 17.2 Å². The van der Waals surface area contributed by atoms with Gasteiger partial charge in [0.15, 0.2) is 0 Å². The van der Waals surface area contributed by atoms with Gasteiger partial charge in [-0.1, -0.05) is 0 Å². The first-order valence-corrected chi connectivity index (χ1v) is 3.64. The minimum Gasteiger partial charge on any atom is -0.341 e. The summed E-state index contributed by atoms with van der Waals surface area (Å²) in [5, 5.41) is 0. The SMILES string of the molecule is Cc1ncc(-c2cnccn2)[nH]1. The average molecular weight is 160 g/mol. The monoisotopic (exact) mass is 160 g/mol. The first kappa shape index (κ1) is 6.97. The minimum absolute atomic E-state index is 0.818. The van der Waals surface area contributed by atoms with Crippen LogP contribution in [-0.4, -0.2) is 19.9 Å². The molecule has 0 saturated heterocycles. The second-order valence-electron chi connectivity index (χ2n) is 2.47. The standard InChI is InChI=1S/C8H8N4/c1-6-11-5-8(12-6)7-4-9-2-3-10-7/h2-5H,1H3,(H,11,12). The van der Waals surface area contributed by atoms with E-state index >= 15 is 0 Å². The van der Waals surface area contributed by atoms with E-state index in [-0.39, 0.29) is 0 Å². The molecule has 0 atom stereocenters. The van der Waals surface area contributed by atoms with Gasteiger partial charge in [-0.2, -0.15) is 0 Å². The molecule has 0 aliphatic carbocycles. The maximum atomic E-state index is 4.13. The zero-order valence-corrected chi connectivity index (χ0v) is 6.65. The van der Waals surface area contributed by atoms with E-state index in [0.29, 0.717) is 0 Å². The van der Waals surface area contributed by atoms with Gasteiger partial charge in [-0.15, -0.1) is 0 Å². The van der Waals surface area contributed by atoms with Crippen molar-refractivity contribution in [3.8, 4) is 11.4 Å². The molecule has 2 aromatic rings. The Morgan fingerprint density at radius 3 is 2.67 bits per heavy atom. The van der Waals surface area contributed by atoms with Crippen LogP contribution in [0.25, 0.3) is 11.4 Å². The van der Waals surface area contributed by atoms with Crippen LogP contribution < -0.4 is 0 Å². The number of rotatable bonds is 1. The molecule has 2 rings (SSSR count). The lowest BCUT2D eigenvalue weighted by Gasteiger charge is -1.92. The van der Waals surface area contributed by atoms with E-state index in [1.54, 1.807) is 24.8 Å². The third-order valence-electron chi connectivity index (χ3n) is 1.54. The number of H-pyrrole nitrogens is 1. The maximum Gasteiger partial charge on any atom is 0.106 e. The summed E-state index contributed by atoms with van der Waals surface area (Å²) in [5.74, 6) is 0.885. The molecule has 12 heavy (non-hydrogen) atoms. The number of aromatic nitrogens is 4. The molecule has 2 heterocycles. The predicted octanol–water partition coefficient (Wildman–Crippen LogP) is 1.18. The van der Waals surface area contributed by atoms with Gasteiger partial charge in [-0.3, -0.25) is 9.97 Å².